The van der Waals surface area contributed by atoms with E-state index in [0.717, 1.165) is 25.9 Å². The van der Waals surface area contributed by atoms with Crippen LogP contribution in [0, 0.1) is 5.92 Å². The zero-order valence-electron chi connectivity index (χ0n) is 14.6. The molecule has 2 amide bonds. The highest BCUT2D eigenvalue weighted by Gasteiger charge is 2.24. The van der Waals surface area contributed by atoms with Gasteiger partial charge in [0.15, 0.2) is 0 Å². The fourth-order valence-electron chi connectivity index (χ4n) is 3.48. The molecule has 1 N–H and O–H groups in total. The van der Waals surface area contributed by atoms with Gasteiger partial charge in [-0.1, -0.05) is 19.8 Å². The topological polar surface area (TPSA) is 61.9 Å². The first kappa shape index (κ1) is 18.2. The van der Waals surface area contributed by atoms with Gasteiger partial charge in [0.1, 0.15) is 6.61 Å². The SMILES string of the molecule is CCOCC(=O)N1CCN(CC(=O)N[C@H]2CCC[C@H](C)C2)CC1. The van der Waals surface area contributed by atoms with Crippen LogP contribution in [0.4, 0.5) is 0 Å². The second-order valence-corrected chi connectivity index (χ2v) is 6.83. The summed E-state index contributed by atoms with van der Waals surface area (Å²) in [6.45, 7) is 8.19. The molecule has 6 nitrogen and oxygen atoms in total. The number of nitrogens with zero attached hydrogens (tertiary/aromatic N) is 2. The maximum atomic E-state index is 12.2. The summed E-state index contributed by atoms with van der Waals surface area (Å²) in [7, 11) is 0. The van der Waals surface area contributed by atoms with Gasteiger partial charge in [-0.15, -0.1) is 0 Å². The normalized spacial score (nSPS) is 26.1. The number of piperazine rings is 1. The van der Waals surface area contributed by atoms with E-state index in [4.69, 9.17) is 4.74 Å². The fraction of sp³-hybridized carbons (Fsp3) is 0.882. The Morgan fingerprint density at radius 3 is 2.57 bits per heavy atom. The van der Waals surface area contributed by atoms with Crippen LogP contribution >= 0.6 is 0 Å². The zero-order chi connectivity index (χ0) is 16.7. The summed E-state index contributed by atoms with van der Waals surface area (Å²) in [4.78, 5) is 28.0. The van der Waals surface area contributed by atoms with E-state index in [1.165, 1.54) is 12.8 Å². The lowest BCUT2D eigenvalue weighted by Gasteiger charge is -2.35. The average Bonchev–Trinajstić information content (AvgIpc) is 2.53. The molecule has 0 aromatic rings. The first-order chi connectivity index (χ1) is 11.1. The largest absolute Gasteiger partial charge is 0.372 e. The number of hydrogen-bond donors (Lipinski definition) is 1. The molecule has 132 valence electrons. The molecule has 0 unspecified atom stereocenters. The molecular formula is C17H31N3O3. The van der Waals surface area contributed by atoms with Crippen LogP contribution in [-0.2, 0) is 14.3 Å². The third-order valence-corrected chi connectivity index (χ3v) is 4.82. The molecule has 0 aromatic carbocycles. The Hall–Kier alpha value is -1.14. The van der Waals surface area contributed by atoms with Crippen LogP contribution < -0.4 is 5.32 Å². The van der Waals surface area contributed by atoms with Crippen LogP contribution in [-0.4, -0.2) is 73.6 Å². The van der Waals surface area contributed by atoms with Gasteiger partial charge in [0.2, 0.25) is 11.8 Å². The first-order valence-corrected chi connectivity index (χ1v) is 8.95. The van der Waals surface area contributed by atoms with Crippen molar-refractivity contribution >= 4 is 11.8 Å². The molecule has 23 heavy (non-hydrogen) atoms. The summed E-state index contributed by atoms with van der Waals surface area (Å²) >= 11 is 0. The second-order valence-electron chi connectivity index (χ2n) is 6.83. The average molecular weight is 325 g/mol. The monoisotopic (exact) mass is 325 g/mol. The fourth-order valence-corrected chi connectivity index (χ4v) is 3.48. The number of rotatable bonds is 6. The first-order valence-electron chi connectivity index (χ1n) is 8.95. The Morgan fingerprint density at radius 2 is 1.91 bits per heavy atom. The summed E-state index contributed by atoms with van der Waals surface area (Å²) < 4.78 is 5.16. The van der Waals surface area contributed by atoms with E-state index >= 15 is 0 Å². The van der Waals surface area contributed by atoms with Gasteiger partial charge in [0.05, 0.1) is 6.54 Å². The number of hydrogen-bond acceptors (Lipinski definition) is 4. The molecule has 2 aliphatic rings. The number of carbonyl (C=O) groups is 2. The van der Waals surface area contributed by atoms with Crippen molar-refractivity contribution in [1.29, 1.82) is 0 Å². The van der Waals surface area contributed by atoms with Crippen LogP contribution in [0.15, 0.2) is 0 Å². The molecule has 6 heteroatoms. The van der Waals surface area contributed by atoms with Gasteiger partial charge < -0.3 is 15.0 Å². The molecule has 0 aromatic heterocycles. The molecule has 1 saturated carbocycles. The van der Waals surface area contributed by atoms with E-state index < -0.39 is 0 Å². The lowest BCUT2D eigenvalue weighted by Crippen LogP contribution is -2.52. The third-order valence-electron chi connectivity index (χ3n) is 4.82. The van der Waals surface area contributed by atoms with Crippen molar-refractivity contribution in [2.45, 2.75) is 45.6 Å². The van der Waals surface area contributed by atoms with Gasteiger partial charge in [0.25, 0.3) is 0 Å². The maximum Gasteiger partial charge on any atom is 0.248 e. The predicted octanol–water partition coefficient (Wildman–Crippen LogP) is 0.862. The van der Waals surface area contributed by atoms with E-state index in [-0.39, 0.29) is 18.4 Å². The van der Waals surface area contributed by atoms with Crippen molar-refractivity contribution < 1.29 is 14.3 Å². The van der Waals surface area contributed by atoms with Crippen molar-refractivity contribution in [3.63, 3.8) is 0 Å². The maximum absolute atomic E-state index is 12.2. The Balaban J connectivity index is 1.65. The number of nitrogens with one attached hydrogen (secondary N) is 1. The Labute approximate surface area is 139 Å². The van der Waals surface area contributed by atoms with Gasteiger partial charge in [-0.2, -0.15) is 0 Å². The Kier molecular flexibility index (Phi) is 7.30. The summed E-state index contributed by atoms with van der Waals surface area (Å²) in [6, 6.07) is 0.348. The van der Waals surface area contributed by atoms with Crippen molar-refractivity contribution in [2.75, 3.05) is 45.9 Å². The number of carbonyl (C=O) groups excluding carboxylic acids is 2. The van der Waals surface area contributed by atoms with Gasteiger partial charge in [-0.3, -0.25) is 14.5 Å². The molecular weight excluding hydrogens is 294 g/mol. The summed E-state index contributed by atoms with van der Waals surface area (Å²) in [5.74, 6) is 0.888. The molecule has 1 aliphatic heterocycles. The number of ether oxygens (including phenoxy) is 1. The predicted molar refractivity (Wildman–Crippen MR) is 89.1 cm³/mol. The summed E-state index contributed by atoms with van der Waals surface area (Å²) in [6.07, 6.45) is 4.71. The van der Waals surface area contributed by atoms with Crippen LogP contribution in [0.5, 0.6) is 0 Å². The minimum atomic E-state index is 0.0483. The molecule has 1 aliphatic carbocycles. The van der Waals surface area contributed by atoms with Crippen molar-refractivity contribution in [2.24, 2.45) is 5.92 Å². The van der Waals surface area contributed by atoms with E-state index in [1.54, 1.807) is 0 Å². The highest BCUT2D eigenvalue weighted by atomic mass is 16.5. The third kappa shape index (κ3) is 6.11. The number of amides is 2. The molecule has 1 heterocycles. The minimum absolute atomic E-state index is 0.0483. The van der Waals surface area contributed by atoms with Crippen molar-refractivity contribution in [3.05, 3.63) is 0 Å². The van der Waals surface area contributed by atoms with E-state index in [2.05, 4.69) is 17.1 Å². The molecule has 2 rings (SSSR count). The molecule has 2 fully saturated rings. The van der Waals surface area contributed by atoms with Crippen LogP contribution in [0.25, 0.3) is 0 Å². The Morgan fingerprint density at radius 1 is 1.17 bits per heavy atom. The van der Waals surface area contributed by atoms with Crippen LogP contribution in [0.3, 0.4) is 0 Å². The van der Waals surface area contributed by atoms with Crippen molar-refractivity contribution in [1.82, 2.24) is 15.1 Å². The molecule has 1 saturated heterocycles. The highest BCUT2D eigenvalue weighted by Crippen LogP contribution is 2.23. The van der Waals surface area contributed by atoms with Gasteiger partial charge in [-0.25, -0.2) is 0 Å². The van der Waals surface area contributed by atoms with Crippen molar-refractivity contribution in [3.8, 4) is 0 Å². The lowest BCUT2D eigenvalue weighted by molar-refractivity contribution is -0.137. The molecule has 0 spiro atoms. The van der Waals surface area contributed by atoms with E-state index in [0.29, 0.717) is 38.2 Å². The minimum Gasteiger partial charge on any atom is -0.372 e. The van der Waals surface area contributed by atoms with Gasteiger partial charge in [0, 0.05) is 38.8 Å². The molecule has 0 bridgehead atoms. The smallest absolute Gasteiger partial charge is 0.248 e. The van der Waals surface area contributed by atoms with E-state index in [1.807, 2.05) is 11.8 Å². The molecule has 0 radical (unpaired) electrons. The standard InChI is InChI=1S/C17H31N3O3/c1-3-23-13-17(22)20-9-7-19(8-10-20)12-16(21)18-15-6-4-5-14(2)11-15/h14-15H,3-13H2,1-2H3,(H,18,21)/t14-,15-/m0/s1. The van der Waals surface area contributed by atoms with E-state index in [9.17, 15) is 9.59 Å². The summed E-state index contributed by atoms with van der Waals surface area (Å²) in [5, 5.41) is 3.18. The second kappa shape index (κ2) is 9.23. The van der Waals surface area contributed by atoms with Gasteiger partial charge >= 0.3 is 0 Å². The summed E-state index contributed by atoms with van der Waals surface area (Å²) in [5.41, 5.74) is 0. The lowest BCUT2D eigenvalue weighted by atomic mass is 9.87. The van der Waals surface area contributed by atoms with Gasteiger partial charge in [-0.05, 0) is 25.7 Å². The molecule has 2 atom stereocenters. The Bertz CT molecular complexity index is 395. The highest BCUT2D eigenvalue weighted by molar-refractivity contribution is 5.79. The van der Waals surface area contributed by atoms with Crippen LogP contribution in [0.2, 0.25) is 0 Å². The van der Waals surface area contributed by atoms with Crippen LogP contribution in [0.1, 0.15) is 39.5 Å². The quantitative estimate of drug-likeness (QED) is 0.787. The zero-order valence-corrected chi connectivity index (χ0v) is 14.6.